The van der Waals surface area contributed by atoms with E-state index in [1.54, 1.807) is 0 Å². The summed E-state index contributed by atoms with van der Waals surface area (Å²) in [4.78, 5) is 0. The minimum Gasteiger partial charge on any atom is -0.192 e. The Bertz CT molecular complexity index is 2650. The third kappa shape index (κ3) is 4.43. The molecule has 9 rings (SSSR count). The van der Waals surface area contributed by atoms with Crippen LogP contribution in [-0.2, 0) is 0 Å². The van der Waals surface area contributed by atoms with E-state index in [-0.39, 0.29) is 0 Å². The van der Waals surface area contributed by atoms with Gasteiger partial charge in [0.15, 0.2) is 0 Å². The van der Waals surface area contributed by atoms with Crippen LogP contribution in [0.3, 0.4) is 0 Å². The molecule has 0 bridgehead atoms. The van der Waals surface area contributed by atoms with E-state index in [4.69, 9.17) is 0 Å². The molecule has 2 aromatic heterocycles. The van der Waals surface area contributed by atoms with Crippen molar-refractivity contribution in [3.63, 3.8) is 0 Å². The van der Waals surface area contributed by atoms with E-state index >= 15 is 0 Å². The molecule has 0 aliphatic carbocycles. The quantitative estimate of drug-likeness (QED) is 0.192. The molecule has 0 amide bonds. The number of nitrogens with zero attached hydrogens (tertiary/aromatic N) is 1. The Balaban J connectivity index is 1.31. The summed E-state index contributed by atoms with van der Waals surface area (Å²) >= 11 is 3.65. The lowest BCUT2D eigenvalue weighted by Crippen LogP contribution is -1.93. The van der Waals surface area contributed by atoms with Gasteiger partial charge in [-0.15, -0.1) is 22.7 Å². The molecule has 0 aliphatic rings. The average Bonchev–Trinajstić information content (AvgIpc) is 3.69. The van der Waals surface area contributed by atoms with E-state index in [1.165, 1.54) is 40.3 Å². The monoisotopic (exact) mass is 619 g/mol. The maximum atomic E-state index is 10.8. The molecule has 0 radical (unpaired) electrons. The smallest absolute Gasteiger partial charge is 0.100 e. The first kappa shape index (κ1) is 26.8. The molecule has 7 aromatic carbocycles. The van der Waals surface area contributed by atoms with E-state index in [1.807, 2.05) is 28.7 Å². The van der Waals surface area contributed by atoms with Crippen molar-refractivity contribution in [1.29, 1.82) is 5.26 Å². The summed E-state index contributed by atoms with van der Waals surface area (Å²) in [5.41, 5.74) is 9.20. The van der Waals surface area contributed by atoms with Gasteiger partial charge in [-0.05, 0) is 88.0 Å². The lowest BCUT2D eigenvalue weighted by Gasteiger charge is -2.15. The van der Waals surface area contributed by atoms with Crippen molar-refractivity contribution in [2.24, 2.45) is 0 Å². The van der Waals surface area contributed by atoms with Gasteiger partial charge in [0.05, 0.1) is 5.56 Å². The van der Waals surface area contributed by atoms with E-state index < -0.39 is 0 Å². The summed E-state index contributed by atoms with van der Waals surface area (Å²) in [6.07, 6.45) is 0. The van der Waals surface area contributed by atoms with Crippen LogP contribution in [-0.4, -0.2) is 0 Å². The van der Waals surface area contributed by atoms with E-state index in [0.29, 0.717) is 5.56 Å². The van der Waals surface area contributed by atoms with Gasteiger partial charge in [-0.2, -0.15) is 5.26 Å². The largest absolute Gasteiger partial charge is 0.192 e. The van der Waals surface area contributed by atoms with Crippen LogP contribution in [0.5, 0.6) is 0 Å². The lowest BCUT2D eigenvalue weighted by atomic mass is 9.87. The minimum atomic E-state index is 0.690. The zero-order valence-electron chi connectivity index (χ0n) is 24.7. The van der Waals surface area contributed by atoms with Gasteiger partial charge in [0.25, 0.3) is 0 Å². The number of fused-ring (bicyclic) bond motifs is 6. The highest BCUT2D eigenvalue weighted by molar-refractivity contribution is 7.26. The van der Waals surface area contributed by atoms with Crippen LogP contribution in [0.25, 0.3) is 84.9 Å². The number of rotatable bonds is 4. The Labute approximate surface area is 274 Å². The minimum absolute atomic E-state index is 0.690. The molecule has 0 aliphatic heterocycles. The standard InChI is InChI=1S/C43H25NS2/c44-26-39-35(30-12-8-11-28(21-30)27-9-2-1-3-10-27)24-32(29-17-19-42-37(22-29)33-13-4-6-15-40(33)45-42)25-36(39)31-18-20-43-38(23-31)34-14-5-7-16-41(34)46-43/h1-25H. The molecular weight excluding hydrogens is 595 g/mol. The fraction of sp³-hybridized carbons (Fsp3) is 0. The fourth-order valence-corrected chi connectivity index (χ4v) is 8.85. The maximum Gasteiger partial charge on any atom is 0.100 e. The van der Waals surface area contributed by atoms with Gasteiger partial charge >= 0.3 is 0 Å². The molecule has 2 heterocycles. The predicted molar refractivity (Wildman–Crippen MR) is 199 cm³/mol. The highest BCUT2D eigenvalue weighted by Gasteiger charge is 2.18. The summed E-state index contributed by atoms with van der Waals surface area (Å²) in [6.45, 7) is 0. The number of benzene rings is 7. The summed E-state index contributed by atoms with van der Waals surface area (Å²) in [6, 6.07) is 56.7. The van der Waals surface area contributed by atoms with Crippen LogP contribution in [0.2, 0.25) is 0 Å². The Hall–Kier alpha value is -5.53. The fourth-order valence-electron chi connectivity index (χ4n) is 6.68. The summed E-state index contributed by atoms with van der Waals surface area (Å²) in [5.74, 6) is 0. The van der Waals surface area contributed by atoms with Crippen LogP contribution in [0.15, 0.2) is 152 Å². The molecule has 0 unspecified atom stereocenters. The van der Waals surface area contributed by atoms with Crippen LogP contribution >= 0.6 is 22.7 Å². The Morgan fingerprint density at radius 3 is 1.48 bits per heavy atom. The summed E-state index contributed by atoms with van der Waals surface area (Å²) in [5, 5.41) is 15.8. The highest BCUT2D eigenvalue weighted by atomic mass is 32.1. The van der Waals surface area contributed by atoms with Crippen molar-refractivity contribution >= 4 is 63.0 Å². The first-order valence-electron chi connectivity index (χ1n) is 15.3. The second kappa shape index (κ2) is 10.8. The van der Waals surface area contributed by atoms with Crippen LogP contribution in [0.4, 0.5) is 0 Å². The van der Waals surface area contributed by atoms with E-state index in [0.717, 1.165) is 44.5 Å². The van der Waals surface area contributed by atoms with Gasteiger partial charge in [-0.3, -0.25) is 0 Å². The second-order valence-electron chi connectivity index (χ2n) is 11.6. The molecule has 0 saturated heterocycles. The van der Waals surface area contributed by atoms with E-state index in [2.05, 4.69) is 152 Å². The topological polar surface area (TPSA) is 23.8 Å². The van der Waals surface area contributed by atoms with E-state index in [9.17, 15) is 5.26 Å². The van der Waals surface area contributed by atoms with Crippen LogP contribution < -0.4 is 0 Å². The first-order valence-corrected chi connectivity index (χ1v) is 16.9. The molecule has 0 atom stereocenters. The van der Waals surface area contributed by atoms with Gasteiger partial charge in [0.1, 0.15) is 6.07 Å². The summed E-state index contributed by atoms with van der Waals surface area (Å²) < 4.78 is 5.11. The molecule has 3 heteroatoms. The van der Waals surface area contributed by atoms with Crippen molar-refractivity contribution in [3.8, 4) is 50.6 Å². The third-order valence-corrected chi connectivity index (χ3v) is 11.2. The van der Waals surface area contributed by atoms with Gasteiger partial charge in [0.2, 0.25) is 0 Å². The summed E-state index contributed by atoms with van der Waals surface area (Å²) in [7, 11) is 0. The first-order chi connectivity index (χ1) is 22.7. The van der Waals surface area contributed by atoms with Gasteiger partial charge < -0.3 is 0 Å². The number of thiophene rings is 2. The SMILES string of the molecule is N#Cc1c(-c2cccc(-c3ccccc3)c2)cc(-c2ccc3sc4ccccc4c3c2)cc1-c1ccc2sc3ccccc3c2c1. The molecule has 0 fully saturated rings. The Kier molecular flexibility index (Phi) is 6.31. The Morgan fingerprint density at radius 1 is 0.348 bits per heavy atom. The number of nitriles is 1. The van der Waals surface area contributed by atoms with Crippen molar-refractivity contribution in [2.75, 3.05) is 0 Å². The lowest BCUT2D eigenvalue weighted by molar-refractivity contribution is 1.47. The predicted octanol–water partition coefficient (Wildman–Crippen LogP) is 13.0. The van der Waals surface area contributed by atoms with Crippen LogP contribution in [0, 0.1) is 11.3 Å². The number of hydrogen-bond acceptors (Lipinski definition) is 3. The second-order valence-corrected chi connectivity index (χ2v) is 13.8. The number of hydrogen-bond donors (Lipinski definition) is 0. The maximum absolute atomic E-state index is 10.8. The van der Waals surface area contributed by atoms with Crippen molar-refractivity contribution in [2.45, 2.75) is 0 Å². The van der Waals surface area contributed by atoms with Gasteiger partial charge in [-0.1, -0.05) is 97.1 Å². The van der Waals surface area contributed by atoms with Crippen molar-refractivity contribution in [1.82, 2.24) is 0 Å². The molecule has 0 spiro atoms. The molecule has 0 saturated carbocycles. The Morgan fingerprint density at radius 2 is 0.826 bits per heavy atom. The van der Waals surface area contributed by atoms with Crippen molar-refractivity contribution < 1.29 is 0 Å². The third-order valence-electron chi connectivity index (χ3n) is 8.93. The zero-order valence-corrected chi connectivity index (χ0v) is 26.3. The molecule has 9 aromatic rings. The zero-order chi connectivity index (χ0) is 30.6. The van der Waals surface area contributed by atoms with Crippen molar-refractivity contribution in [3.05, 3.63) is 157 Å². The van der Waals surface area contributed by atoms with Gasteiger partial charge in [-0.25, -0.2) is 0 Å². The highest BCUT2D eigenvalue weighted by Crippen LogP contribution is 2.43. The average molecular weight is 620 g/mol. The molecule has 1 nitrogen and oxygen atoms in total. The molecule has 0 N–H and O–H groups in total. The van der Waals surface area contributed by atoms with Crippen LogP contribution in [0.1, 0.15) is 5.56 Å². The molecular formula is C43H25NS2. The van der Waals surface area contributed by atoms with Gasteiger partial charge in [0, 0.05) is 51.5 Å². The molecule has 46 heavy (non-hydrogen) atoms. The normalized spacial score (nSPS) is 11.5. The molecule has 214 valence electrons.